The molecule has 1 aromatic heterocycles. The van der Waals surface area contributed by atoms with Gasteiger partial charge in [-0.3, -0.25) is 0 Å². The number of halogens is 1. The predicted octanol–water partition coefficient (Wildman–Crippen LogP) is 7.65. The number of para-hydroxylation sites is 2. The summed E-state index contributed by atoms with van der Waals surface area (Å²) in [5.74, 6) is 3.13. The first-order valence-electron chi connectivity index (χ1n) is 11.8. The maximum Gasteiger partial charge on any atom is 0.161 e. The number of nitrogens with zero attached hydrogens (tertiary/aromatic N) is 2. The van der Waals surface area contributed by atoms with E-state index in [1.807, 2.05) is 87.5 Å². The number of aromatic nitrogens is 2. The molecule has 0 bridgehead atoms. The Labute approximate surface area is 211 Å². The highest BCUT2D eigenvalue weighted by atomic mass is 35.5. The quantitative estimate of drug-likeness (QED) is 0.214. The fourth-order valence-electron chi connectivity index (χ4n) is 4.09. The van der Waals surface area contributed by atoms with Gasteiger partial charge < -0.3 is 18.8 Å². The lowest BCUT2D eigenvalue weighted by molar-refractivity contribution is 0.209. The van der Waals surface area contributed by atoms with E-state index in [9.17, 15) is 0 Å². The van der Waals surface area contributed by atoms with Crippen LogP contribution in [0.15, 0.2) is 66.7 Å². The highest BCUT2D eigenvalue weighted by Gasteiger charge is 2.18. The minimum absolute atomic E-state index is 0.233. The summed E-state index contributed by atoms with van der Waals surface area (Å²) in [5, 5.41) is 0.727. The van der Waals surface area contributed by atoms with Gasteiger partial charge in [0.15, 0.2) is 23.4 Å². The van der Waals surface area contributed by atoms with E-state index in [2.05, 4.69) is 10.6 Å². The van der Waals surface area contributed by atoms with Gasteiger partial charge in [-0.1, -0.05) is 42.0 Å². The number of aryl methyl sites for hydroxylation is 2. The molecule has 6 heteroatoms. The van der Waals surface area contributed by atoms with Crippen molar-refractivity contribution in [3.8, 4) is 17.2 Å². The number of allylic oxidation sites excluding steroid dienone is 1. The molecule has 35 heavy (non-hydrogen) atoms. The van der Waals surface area contributed by atoms with Crippen LogP contribution in [0.1, 0.15) is 43.3 Å². The molecule has 0 fully saturated rings. The van der Waals surface area contributed by atoms with Crippen LogP contribution in [0.4, 0.5) is 0 Å². The fourth-order valence-corrected chi connectivity index (χ4v) is 4.21. The molecule has 0 aliphatic carbocycles. The van der Waals surface area contributed by atoms with Crippen LogP contribution in [-0.2, 0) is 6.54 Å². The molecule has 3 aromatic carbocycles. The van der Waals surface area contributed by atoms with E-state index >= 15 is 0 Å². The third-order valence-electron chi connectivity index (χ3n) is 5.82. The second-order valence-electron chi connectivity index (χ2n) is 8.39. The standard InChI is InChI=1S/C29H31ClN2O3/c1-5-9-22-12-15-27(28(19-22)33-4)34-17-8-16-32-26-11-7-6-10-25(26)31-29(32)21(3)35-23-13-14-24(30)20(2)18-23/h5-7,9-15,18-19,21H,8,16-17H2,1-4H3/b9-5+. The topological polar surface area (TPSA) is 45.5 Å². The number of benzene rings is 3. The fraction of sp³-hybridized carbons (Fsp3) is 0.276. The highest BCUT2D eigenvalue weighted by Crippen LogP contribution is 2.30. The smallest absolute Gasteiger partial charge is 0.161 e. The largest absolute Gasteiger partial charge is 0.493 e. The summed E-state index contributed by atoms with van der Waals surface area (Å²) < 4.78 is 20.1. The number of methoxy groups -OCH3 is 1. The molecule has 0 N–H and O–H groups in total. The Morgan fingerprint density at radius 3 is 2.66 bits per heavy atom. The van der Waals surface area contributed by atoms with Gasteiger partial charge in [-0.05, 0) is 80.8 Å². The van der Waals surface area contributed by atoms with Crippen molar-refractivity contribution in [2.24, 2.45) is 0 Å². The Balaban J connectivity index is 1.48. The molecule has 0 aliphatic rings. The number of ether oxygens (including phenoxy) is 3. The number of imidazole rings is 1. The van der Waals surface area contributed by atoms with E-state index < -0.39 is 0 Å². The first-order chi connectivity index (χ1) is 17.0. The zero-order valence-corrected chi connectivity index (χ0v) is 21.4. The van der Waals surface area contributed by atoms with Gasteiger partial charge >= 0.3 is 0 Å². The van der Waals surface area contributed by atoms with Crippen LogP contribution in [0, 0.1) is 6.92 Å². The third kappa shape index (κ3) is 5.80. The molecule has 4 aromatic rings. The van der Waals surface area contributed by atoms with Gasteiger partial charge in [0.1, 0.15) is 5.75 Å². The van der Waals surface area contributed by atoms with Crippen molar-refractivity contribution in [2.75, 3.05) is 13.7 Å². The van der Waals surface area contributed by atoms with Crippen molar-refractivity contribution in [1.82, 2.24) is 9.55 Å². The van der Waals surface area contributed by atoms with Crippen molar-refractivity contribution >= 4 is 28.7 Å². The summed E-state index contributed by atoms with van der Waals surface area (Å²) in [5.41, 5.74) is 4.10. The van der Waals surface area contributed by atoms with E-state index in [1.165, 1.54) is 0 Å². The number of rotatable bonds is 10. The van der Waals surface area contributed by atoms with E-state index in [-0.39, 0.29) is 6.10 Å². The number of hydrogen-bond donors (Lipinski definition) is 0. The van der Waals surface area contributed by atoms with E-state index in [4.69, 9.17) is 30.8 Å². The van der Waals surface area contributed by atoms with Crippen LogP contribution in [-0.4, -0.2) is 23.3 Å². The lowest BCUT2D eigenvalue weighted by atomic mass is 10.2. The minimum Gasteiger partial charge on any atom is -0.493 e. The molecule has 0 aliphatic heterocycles. The summed E-state index contributed by atoms with van der Waals surface area (Å²) >= 11 is 6.17. The van der Waals surface area contributed by atoms with Crippen LogP contribution >= 0.6 is 11.6 Å². The number of fused-ring (bicyclic) bond motifs is 1. The van der Waals surface area contributed by atoms with Crippen LogP contribution in [0.25, 0.3) is 17.1 Å². The van der Waals surface area contributed by atoms with Gasteiger partial charge in [-0.25, -0.2) is 4.98 Å². The molecule has 182 valence electrons. The molecule has 0 radical (unpaired) electrons. The third-order valence-corrected chi connectivity index (χ3v) is 6.24. The SMILES string of the molecule is C/C=C/c1ccc(OCCCn2c(C(C)Oc3ccc(Cl)c(C)c3)nc3ccccc32)c(OC)c1. The summed E-state index contributed by atoms with van der Waals surface area (Å²) in [6.07, 6.45) is 4.61. The molecule has 1 heterocycles. The van der Waals surface area contributed by atoms with E-state index in [0.29, 0.717) is 6.61 Å². The maximum absolute atomic E-state index is 6.25. The zero-order chi connectivity index (χ0) is 24.8. The molecule has 5 nitrogen and oxygen atoms in total. The molecule has 1 atom stereocenters. The van der Waals surface area contributed by atoms with E-state index in [1.54, 1.807) is 7.11 Å². The Hall–Kier alpha value is -3.44. The first-order valence-corrected chi connectivity index (χ1v) is 12.2. The van der Waals surface area contributed by atoms with Crippen LogP contribution in [0.5, 0.6) is 17.2 Å². The molecule has 4 rings (SSSR count). The lowest BCUT2D eigenvalue weighted by Gasteiger charge is -2.18. The monoisotopic (exact) mass is 490 g/mol. The summed E-state index contributed by atoms with van der Waals surface area (Å²) in [6.45, 7) is 7.29. The molecule has 0 spiro atoms. The van der Waals surface area contributed by atoms with E-state index in [0.717, 1.165) is 63.2 Å². The predicted molar refractivity (Wildman–Crippen MR) is 143 cm³/mol. The van der Waals surface area contributed by atoms with Crippen molar-refractivity contribution in [1.29, 1.82) is 0 Å². The highest BCUT2D eigenvalue weighted by molar-refractivity contribution is 6.31. The van der Waals surface area contributed by atoms with Crippen LogP contribution in [0.3, 0.4) is 0 Å². The normalized spacial score (nSPS) is 12.3. The van der Waals surface area contributed by atoms with Gasteiger partial charge in [0.05, 0.1) is 24.8 Å². The van der Waals surface area contributed by atoms with Crippen molar-refractivity contribution in [3.05, 3.63) is 88.7 Å². The Bertz CT molecular complexity index is 1330. The Morgan fingerprint density at radius 2 is 1.89 bits per heavy atom. The summed E-state index contributed by atoms with van der Waals surface area (Å²) in [4.78, 5) is 4.88. The van der Waals surface area contributed by atoms with Gasteiger partial charge in [0.2, 0.25) is 0 Å². The second kappa shape index (κ2) is 11.3. The van der Waals surface area contributed by atoms with Gasteiger partial charge in [0, 0.05) is 11.6 Å². The van der Waals surface area contributed by atoms with Gasteiger partial charge in [0.25, 0.3) is 0 Å². The summed E-state index contributed by atoms with van der Waals surface area (Å²) in [6, 6.07) is 19.8. The van der Waals surface area contributed by atoms with Gasteiger partial charge in [-0.15, -0.1) is 0 Å². The van der Waals surface area contributed by atoms with Crippen molar-refractivity contribution < 1.29 is 14.2 Å². The zero-order valence-electron chi connectivity index (χ0n) is 20.6. The van der Waals surface area contributed by atoms with Crippen LogP contribution in [0.2, 0.25) is 5.02 Å². The van der Waals surface area contributed by atoms with Crippen molar-refractivity contribution in [3.63, 3.8) is 0 Å². The number of hydrogen-bond acceptors (Lipinski definition) is 4. The Morgan fingerprint density at radius 1 is 1.06 bits per heavy atom. The average molecular weight is 491 g/mol. The maximum atomic E-state index is 6.25. The first kappa shape index (κ1) is 24.7. The van der Waals surface area contributed by atoms with Crippen molar-refractivity contribution in [2.45, 2.75) is 39.8 Å². The molecule has 1 unspecified atom stereocenters. The van der Waals surface area contributed by atoms with Gasteiger partial charge in [-0.2, -0.15) is 0 Å². The minimum atomic E-state index is -0.233. The molecule has 0 saturated heterocycles. The Kier molecular flexibility index (Phi) is 7.98. The molecular weight excluding hydrogens is 460 g/mol. The second-order valence-corrected chi connectivity index (χ2v) is 8.80. The lowest BCUT2D eigenvalue weighted by Crippen LogP contribution is -2.13. The van der Waals surface area contributed by atoms with Crippen LogP contribution < -0.4 is 14.2 Å². The molecule has 0 amide bonds. The summed E-state index contributed by atoms with van der Waals surface area (Å²) in [7, 11) is 1.66. The molecular formula is C29H31ClN2O3. The average Bonchev–Trinajstić information content (AvgIpc) is 3.23. The molecule has 0 saturated carbocycles.